The van der Waals surface area contributed by atoms with Gasteiger partial charge in [-0.2, -0.15) is 5.10 Å². The van der Waals surface area contributed by atoms with Crippen molar-refractivity contribution in [3.05, 3.63) is 107 Å². The molecular formula is C24H19N3O3. The second-order valence-electron chi connectivity index (χ2n) is 6.78. The molecule has 0 fully saturated rings. The lowest BCUT2D eigenvalue weighted by atomic mass is 10.0. The number of nitrogens with zero attached hydrogens (tertiary/aromatic N) is 2. The number of ketones is 1. The molecule has 0 aliphatic carbocycles. The van der Waals surface area contributed by atoms with E-state index < -0.39 is 5.91 Å². The van der Waals surface area contributed by atoms with E-state index in [4.69, 9.17) is 0 Å². The molecule has 6 nitrogen and oxygen atoms in total. The van der Waals surface area contributed by atoms with E-state index in [1.807, 2.05) is 53.9 Å². The summed E-state index contributed by atoms with van der Waals surface area (Å²) in [7, 11) is 0. The Morgan fingerprint density at radius 3 is 2.37 bits per heavy atom. The predicted molar refractivity (Wildman–Crippen MR) is 115 cm³/mol. The Kier molecular flexibility index (Phi) is 5.13. The molecule has 0 bridgehead atoms. The van der Waals surface area contributed by atoms with Crippen LogP contribution in [0.15, 0.2) is 84.1 Å². The summed E-state index contributed by atoms with van der Waals surface area (Å²) in [5.41, 5.74) is 6.37. The average molecular weight is 397 g/mol. The molecule has 0 aliphatic rings. The Labute approximate surface area is 173 Å². The quantitative estimate of drug-likeness (QED) is 0.304. The van der Waals surface area contributed by atoms with Crippen LogP contribution in [-0.4, -0.2) is 27.4 Å². The maximum atomic E-state index is 13.1. The fraction of sp³-hybridized carbons (Fsp3) is 0.0417. The van der Waals surface area contributed by atoms with Crippen molar-refractivity contribution >= 4 is 23.4 Å². The monoisotopic (exact) mass is 397 g/mol. The number of benzene rings is 2. The molecule has 2 heterocycles. The largest absolute Gasteiger partial charge is 0.508 e. The molecule has 0 saturated heterocycles. The molecular weight excluding hydrogens is 378 g/mol. The van der Waals surface area contributed by atoms with Crippen LogP contribution in [-0.2, 0) is 0 Å². The highest BCUT2D eigenvalue weighted by atomic mass is 16.3. The third-order valence-corrected chi connectivity index (χ3v) is 4.88. The number of nitrogens with one attached hydrogen (secondary N) is 1. The lowest BCUT2D eigenvalue weighted by Crippen LogP contribution is -2.17. The van der Waals surface area contributed by atoms with Gasteiger partial charge in [0.15, 0.2) is 0 Å². The van der Waals surface area contributed by atoms with Crippen molar-refractivity contribution in [3.63, 3.8) is 0 Å². The number of hydrogen-bond donors (Lipinski definition) is 2. The first-order valence-corrected chi connectivity index (χ1v) is 9.38. The van der Waals surface area contributed by atoms with E-state index in [9.17, 15) is 14.7 Å². The van der Waals surface area contributed by atoms with Gasteiger partial charge in [-0.25, -0.2) is 5.43 Å². The summed E-state index contributed by atoms with van der Waals surface area (Å²) in [6.45, 7) is 1.87. The number of rotatable bonds is 5. The summed E-state index contributed by atoms with van der Waals surface area (Å²) in [5.74, 6) is -0.392. The van der Waals surface area contributed by atoms with E-state index >= 15 is 0 Å². The molecule has 148 valence electrons. The van der Waals surface area contributed by atoms with Gasteiger partial charge in [-0.1, -0.05) is 36.4 Å². The second-order valence-corrected chi connectivity index (χ2v) is 6.78. The van der Waals surface area contributed by atoms with Gasteiger partial charge in [-0.3, -0.25) is 9.59 Å². The minimum atomic E-state index is -0.395. The Morgan fingerprint density at radius 1 is 0.933 bits per heavy atom. The molecule has 2 aromatic heterocycles. The van der Waals surface area contributed by atoms with Crippen LogP contribution in [0.4, 0.5) is 0 Å². The summed E-state index contributed by atoms with van der Waals surface area (Å²) >= 11 is 0. The van der Waals surface area contributed by atoms with Crippen LogP contribution in [0.1, 0.15) is 37.5 Å². The third kappa shape index (κ3) is 3.58. The van der Waals surface area contributed by atoms with Crippen LogP contribution in [0.5, 0.6) is 5.75 Å². The molecule has 0 unspecified atom stereocenters. The van der Waals surface area contributed by atoms with Crippen LogP contribution in [0.25, 0.3) is 5.52 Å². The van der Waals surface area contributed by atoms with Crippen molar-refractivity contribution < 1.29 is 14.7 Å². The van der Waals surface area contributed by atoms with Gasteiger partial charge in [0.2, 0.25) is 5.78 Å². The van der Waals surface area contributed by atoms with Gasteiger partial charge in [0.05, 0.1) is 17.4 Å². The summed E-state index contributed by atoms with van der Waals surface area (Å²) in [4.78, 5) is 25.4. The normalized spacial score (nSPS) is 11.1. The molecule has 0 spiro atoms. The van der Waals surface area contributed by atoms with Crippen LogP contribution >= 0.6 is 0 Å². The zero-order valence-corrected chi connectivity index (χ0v) is 16.2. The van der Waals surface area contributed by atoms with E-state index in [1.54, 1.807) is 18.3 Å². The number of phenols is 1. The van der Waals surface area contributed by atoms with E-state index in [0.29, 0.717) is 16.8 Å². The third-order valence-electron chi connectivity index (χ3n) is 4.88. The van der Waals surface area contributed by atoms with Gasteiger partial charge in [-0.05, 0) is 48.9 Å². The van der Waals surface area contributed by atoms with Crippen LogP contribution in [0.3, 0.4) is 0 Å². The molecule has 0 saturated carbocycles. The fourth-order valence-corrected chi connectivity index (χ4v) is 3.36. The van der Waals surface area contributed by atoms with Crippen molar-refractivity contribution in [1.82, 2.24) is 9.83 Å². The summed E-state index contributed by atoms with van der Waals surface area (Å²) in [5, 5.41) is 13.4. The number of hydrazone groups is 1. The highest BCUT2D eigenvalue weighted by molar-refractivity contribution is 6.12. The zero-order valence-electron chi connectivity index (χ0n) is 16.2. The first-order chi connectivity index (χ1) is 14.6. The Hall–Kier alpha value is -4.19. The molecule has 2 N–H and O–H groups in total. The first kappa shape index (κ1) is 19.1. The Bertz CT molecular complexity index is 1260. The minimum absolute atomic E-state index is 0.0814. The average Bonchev–Trinajstić information content (AvgIpc) is 3.05. The summed E-state index contributed by atoms with van der Waals surface area (Å²) < 4.78 is 1.84. The fourth-order valence-electron chi connectivity index (χ4n) is 3.36. The Balaban J connectivity index is 1.67. The topological polar surface area (TPSA) is 83.2 Å². The standard InChI is InChI=1S/C24H19N3O3/c1-16-20(15-25-26-24(30)18-10-12-19(28)13-11-18)21-9-5-6-14-27(21)22(16)23(29)17-7-3-2-4-8-17/h2-15,28H,1H3,(H,26,30)/b25-15-. The number of hydrogen-bond acceptors (Lipinski definition) is 4. The molecule has 0 aliphatic heterocycles. The molecule has 30 heavy (non-hydrogen) atoms. The van der Waals surface area contributed by atoms with Crippen LogP contribution in [0, 0.1) is 6.92 Å². The number of aromatic nitrogens is 1. The molecule has 4 rings (SSSR count). The molecule has 0 atom stereocenters. The van der Waals surface area contributed by atoms with Gasteiger partial charge >= 0.3 is 0 Å². The number of fused-ring (bicyclic) bond motifs is 1. The summed E-state index contributed by atoms with van der Waals surface area (Å²) in [6, 6.07) is 20.7. The molecule has 0 radical (unpaired) electrons. The number of carbonyl (C=O) groups excluding carboxylic acids is 2. The number of carbonyl (C=O) groups is 2. The number of pyridine rings is 1. The van der Waals surface area contributed by atoms with Crippen molar-refractivity contribution in [3.8, 4) is 5.75 Å². The highest BCUT2D eigenvalue weighted by Gasteiger charge is 2.20. The van der Waals surface area contributed by atoms with Gasteiger partial charge in [0, 0.05) is 22.9 Å². The molecule has 2 aromatic carbocycles. The lowest BCUT2D eigenvalue weighted by Gasteiger charge is -2.03. The van der Waals surface area contributed by atoms with Crippen LogP contribution < -0.4 is 5.43 Å². The molecule has 1 amide bonds. The maximum Gasteiger partial charge on any atom is 0.271 e. The smallest absolute Gasteiger partial charge is 0.271 e. The Morgan fingerprint density at radius 2 is 1.63 bits per heavy atom. The maximum absolute atomic E-state index is 13.1. The van der Waals surface area contributed by atoms with Crippen molar-refractivity contribution in [2.75, 3.05) is 0 Å². The number of amides is 1. The molecule has 6 heteroatoms. The van der Waals surface area contributed by atoms with Crippen LogP contribution in [0.2, 0.25) is 0 Å². The van der Waals surface area contributed by atoms with Gasteiger partial charge < -0.3 is 9.51 Å². The van der Waals surface area contributed by atoms with Crippen molar-refractivity contribution in [2.45, 2.75) is 6.92 Å². The minimum Gasteiger partial charge on any atom is -0.508 e. The van der Waals surface area contributed by atoms with Crippen molar-refractivity contribution in [1.29, 1.82) is 0 Å². The zero-order chi connectivity index (χ0) is 21.1. The van der Waals surface area contributed by atoms with Gasteiger partial charge in [0.1, 0.15) is 5.75 Å². The highest BCUT2D eigenvalue weighted by Crippen LogP contribution is 2.24. The lowest BCUT2D eigenvalue weighted by molar-refractivity contribution is 0.0954. The van der Waals surface area contributed by atoms with E-state index in [-0.39, 0.29) is 11.5 Å². The van der Waals surface area contributed by atoms with Crippen molar-refractivity contribution in [2.24, 2.45) is 5.10 Å². The number of aromatic hydroxyl groups is 1. The SMILES string of the molecule is Cc1c(/C=N\NC(=O)c2ccc(O)cc2)c2ccccn2c1C(=O)c1ccccc1. The van der Waals surface area contributed by atoms with Gasteiger partial charge in [-0.15, -0.1) is 0 Å². The first-order valence-electron chi connectivity index (χ1n) is 9.38. The van der Waals surface area contributed by atoms with E-state index in [2.05, 4.69) is 10.5 Å². The predicted octanol–water partition coefficient (Wildman–Crippen LogP) is 3.95. The van der Waals surface area contributed by atoms with Gasteiger partial charge in [0.25, 0.3) is 5.91 Å². The van der Waals surface area contributed by atoms with E-state index in [0.717, 1.165) is 16.6 Å². The number of phenolic OH excluding ortho intramolecular Hbond substituents is 1. The summed E-state index contributed by atoms with van der Waals surface area (Å²) in [6.07, 6.45) is 3.38. The molecule has 4 aromatic rings. The van der Waals surface area contributed by atoms with E-state index in [1.165, 1.54) is 24.3 Å². The second kappa shape index (κ2) is 8.05.